The van der Waals surface area contributed by atoms with Crippen LogP contribution in [0.25, 0.3) is 0 Å². The highest BCUT2D eigenvalue weighted by molar-refractivity contribution is 5.86. The average Bonchev–Trinajstić information content (AvgIpc) is 2.70. The van der Waals surface area contributed by atoms with Gasteiger partial charge in [0.25, 0.3) is 5.91 Å². The lowest BCUT2D eigenvalue weighted by atomic mass is 10.3. The first-order valence-corrected chi connectivity index (χ1v) is 5.15. The van der Waals surface area contributed by atoms with Gasteiger partial charge in [-0.25, -0.2) is 9.48 Å². The monoisotopic (exact) mass is 271 g/mol. The Kier molecular flexibility index (Phi) is 4.94. The number of nitrogens with one attached hydrogen (secondary N) is 2. The van der Waals surface area contributed by atoms with Gasteiger partial charge in [-0.05, 0) is 0 Å². The number of methoxy groups -OCH3 is 1. The summed E-state index contributed by atoms with van der Waals surface area (Å²) < 4.78 is 5.92. The quantitative estimate of drug-likeness (QED) is 0.542. The summed E-state index contributed by atoms with van der Waals surface area (Å²) in [6, 6.07) is 0. The molecule has 19 heavy (non-hydrogen) atoms. The second kappa shape index (κ2) is 6.44. The van der Waals surface area contributed by atoms with Crippen LogP contribution in [0.4, 0.5) is 0 Å². The van der Waals surface area contributed by atoms with Crippen LogP contribution >= 0.6 is 0 Å². The highest BCUT2D eigenvalue weighted by Crippen LogP contribution is 2.06. The summed E-state index contributed by atoms with van der Waals surface area (Å²) in [5.74, 6) is -2.27. The number of carboxylic acids is 1. The summed E-state index contributed by atoms with van der Waals surface area (Å²) in [7, 11) is 1.38. The highest BCUT2D eigenvalue weighted by atomic mass is 16.5. The van der Waals surface area contributed by atoms with Crippen molar-refractivity contribution >= 4 is 17.8 Å². The van der Waals surface area contributed by atoms with Crippen LogP contribution in [0.3, 0.4) is 0 Å². The Bertz CT molecular complexity index is 497. The SMILES string of the molecule is COCc1c(C(=O)O)nnn1CC(=O)NNC(C)=O. The number of nitrogens with zero attached hydrogens (tertiary/aromatic N) is 3. The van der Waals surface area contributed by atoms with Crippen LogP contribution in [0.1, 0.15) is 23.1 Å². The number of amides is 2. The molecule has 0 radical (unpaired) electrons. The smallest absolute Gasteiger partial charge is 0.358 e. The zero-order chi connectivity index (χ0) is 14.4. The number of carboxylic acid groups (broad SMARTS) is 1. The van der Waals surface area contributed by atoms with Crippen LogP contribution in [0.15, 0.2) is 0 Å². The Morgan fingerprint density at radius 3 is 2.58 bits per heavy atom. The zero-order valence-corrected chi connectivity index (χ0v) is 10.3. The van der Waals surface area contributed by atoms with Gasteiger partial charge in [-0.2, -0.15) is 0 Å². The average molecular weight is 271 g/mol. The molecular formula is C9H13N5O5. The molecule has 10 nitrogen and oxygen atoms in total. The fourth-order valence-corrected chi connectivity index (χ4v) is 1.24. The standard InChI is InChI=1S/C9H13N5O5/c1-5(15)10-11-7(16)3-14-6(4-19-2)8(9(17)18)12-13-14/h3-4H2,1-2H3,(H,10,15)(H,11,16)(H,17,18). The molecule has 1 aromatic rings. The van der Waals surface area contributed by atoms with E-state index in [4.69, 9.17) is 9.84 Å². The minimum Gasteiger partial charge on any atom is -0.476 e. The van der Waals surface area contributed by atoms with Crippen LogP contribution in [0.5, 0.6) is 0 Å². The highest BCUT2D eigenvalue weighted by Gasteiger charge is 2.20. The predicted molar refractivity (Wildman–Crippen MR) is 59.7 cm³/mol. The van der Waals surface area contributed by atoms with Crippen LogP contribution in [0.2, 0.25) is 0 Å². The van der Waals surface area contributed by atoms with E-state index < -0.39 is 17.8 Å². The Hall–Kier alpha value is -2.49. The molecule has 1 aromatic heterocycles. The largest absolute Gasteiger partial charge is 0.476 e. The first-order valence-electron chi connectivity index (χ1n) is 5.15. The fourth-order valence-electron chi connectivity index (χ4n) is 1.24. The van der Waals surface area contributed by atoms with Crippen LogP contribution < -0.4 is 10.9 Å². The van der Waals surface area contributed by atoms with Gasteiger partial charge in [0, 0.05) is 14.0 Å². The van der Waals surface area contributed by atoms with Gasteiger partial charge in [0.2, 0.25) is 5.91 Å². The lowest BCUT2D eigenvalue weighted by molar-refractivity contribution is -0.128. The molecule has 0 fully saturated rings. The Labute approximate surface area is 107 Å². The zero-order valence-electron chi connectivity index (χ0n) is 10.3. The number of rotatable bonds is 5. The van der Waals surface area contributed by atoms with E-state index in [1.165, 1.54) is 14.0 Å². The van der Waals surface area contributed by atoms with Gasteiger partial charge in [-0.3, -0.25) is 20.4 Å². The van der Waals surface area contributed by atoms with E-state index in [-0.39, 0.29) is 24.5 Å². The molecule has 0 bridgehead atoms. The predicted octanol–water partition coefficient (Wildman–Crippen LogP) is -1.71. The van der Waals surface area contributed by atoms with Crippen molar-refractivity contribution in [2.24, 2.45) is 0 Å². The van der Waals surface area contributed by atoms with Crippen molar-refractivity contribution in [3.05, 3.63) is 11.4 Å². The van der Waals surface area contributed by atoms with Gasteiger partial charge >= 0.3 is 5.97 Å². The molecule has 0 aromatic carbocycles. The summed E-state index contributed by atoms with van der Waals surface area (Å²) in [5.41, 5.74) is 4.10. The summed E-state index contributed by atoms with van der Waals surface area (Å²) in [5, 5.41) is 15.9. The summed E-state index contributed by atoms with van der Waals surface area (Å²) in [4.78, 5) is 32.9. The van der Waals surface area contributed by atoms with E-state index in [1.807, 2.05) is 0 Å². The van der Waals surface area contributed by atoms with Crippen LogP contribution in [-0.4, -0.2) is 45.0 Å². The maximum Gasteiger partial charge on any atom is 0.358 e. The molecule has 0 aliphatic rings. The maximum absolute atomic E-state index is 11.4. The minimum absolute atomic E-state index is 0.0535. The number of hydrazine groups is 1. The number of carbonyl (C=O) groups is 3. The van der Waals surface area contributed by atoms with Gasteiger partial charge in [-0.1, -0.05) is 5.21 Å². The minimum atomic E-state index is -1.26. The molecule has 0 atom stereocenters. The van der Waals surface area contributed by atoms with Gasteiger partial charge < -0.3 is 9.84 Å². The van der Waals surface area contributed by atoms with Crippen molar-refractivity contribution in [1.82, 2.24) is 25.8 Å². The third-order valence-electron chi connectivity index (χ3n) is 1.99. The molecule has 104 valence electrons. The number of ether oxygens (including phenoxy) is 1. The molecule has 3 N–H and O–H groups in total. The lowest BCUT2D eigenvalue weighted by Gasteiger charge is -2.07. The molecular weight excluding hydrogens is 258 g/mol. The molecule has 0 saturated carbocycles. The van der Waals surface area contributed by atoms with E-state index in [0.717, 1.165) is 4.68 Å². The van der Waals surface area contributed by atoms with Crippen molar-refractivity contribution in [3.63, 3.8) is 0 Å². The van der Waals surface area contributed by atoms with Gasteiger partial charge in [-0.15, -0.1) is 5.10 Å². The van der Waals surface area contributed by atoms with Crippen molar-refractivity contribution in [2.45, 2.75) is 20.1 Å². The molecule has 10 heteroatoms. The third kappa shape index (κ3) is 4.03. The molecule has 0 aliphatic heterocycles. The van der Waals surface area contributed by atoms with Crippen molar-refractivity contribution < 1.29 is 24.2 Å². The molecule has 0 spiro atoms. The Balaban J connectivity index is 2.80. The topological polar surface area (TPSA) is 135 Å². The normalized spacial score (nSPS) is 10.0. The van der Waals surface area contributed by atoms with E-state index >= 15 is 0 Å². The van der Waals surface area contributed by atoms with Crippen molar-refractivity contribution in [2.75, 3.05) is 7.11 Å². The van der Waals surface area contributed by atoms with Gasteiger partial charge in [0.1, 0.15) is 6.54 Å². The van der Waals surface area contributed by atoms with Crippen molar-refractivity contribution in [1.29, 1.82) is 0 Å². The number of hydrogen-bond donors (Lipinski definition) is 3. The first-order chi connectivity index (χ1) is 8.95. The molecule has 2 amide bonds. The Morgan fingerprint density at radius 1 is 1.37 bits per heavy atom. The first kappa shape index (κ1) is 14.6. The van der Waals surface area contributed by atoms with E-state index in [0.29, 0.717) is 0 Å². The van der Waals surface area contributed by atoms with Gasteiger partial charge in [0.15, 0.2) is 5.69 Å². The van der Waals surface area contributed by atoms with Crippen LogP contribution in [0, 0.1) is 0 Å². The van der Waals surface area contributed by atoms with Gasteiger partial charge in [0.05, 0.1) is 12.3 Å². The summed E-state index contributed by atoms with van der Waals surface area (Å²) in [6.45, 7) is 0.885. The lowest BCUT2D eigenvalue weighted by Crippen LogP contribution is -2.42. The van der Waals surface area contributed by atoms with Crippen molar-refractivity contribution in [3.8, 4) is 0 Å². The van der Waals surface area contributed by atoms with E-state index in [2.05, 4.69) is 21.2 Å². The molecule has 0 saturated heterocycles. The number of aromatic nitrogens is 3. The molecule has 0 aliphatic carbocycles. The number of hydrogen-bond acceptors (Lipinski definition) is 6. The summed E-state index contributed by atoms with van der Waals surface area (Å²) >= 11 is 0. The molecule has 0 unspecified atom stereocenters. The third-order valence-corrected chi connectivity index (χ3v) is 1.99. The maximum atomic E-state index is 11.4. The van der Waals surface area contributed by atoms with E-state index in [9.17, 15) is 14.4 Å². The van der Waals surface area contributed by atoms with Crippen LogP contribution in [-0.2, 0) is 27.5 Å². The number of aromatic carboxylic acids is 1. The summed E-state index contributed by atoms with van der Waals surface area (Å²) in [6.07, 6.45) is 0. The Morgan fingerprint density at radius 2 is 2.05 bits per heavy atom. The second-order valence-corrected chi connectivity index (χ2v) is 3.51. The molecule has 1 rings (SSSR count). The second-order valence-electron chi connectivity index (χ2n) is 3.51. The molecule has 1 heterocycles. The fraction of sp³-hybridized carbons (Fsp3) is 0.444. The number of carbonyl (C=O) groups excluding carboxylic acids is 2. The van der Waals surface area contributed by atoms with E-state index in [1.54, 1.807) is 0 Å².